The average molecular weight is 420 g/mol. The second-order valence-corrected chi connectivity index (χ2v) is 6.88. The van der Waals surface area contributed by atoms with Crippen molar-refractivity contribution >= 4 is 35.2 Å². The topological polar surface area (TPSA) is 107 Å². The van der Waals surface area contributed by atoms with Gasteiger partial charge in [-0.2, -0.15) is 0 Å². The predicted octanol–water partition coefficient (Wildman–Crippen LogP) is 2.68. The normalized spacial score (nSPS) is 11.5. The van der Waals surface area contributed by atoms with E-state index < -0.39 is 30.4 Å². The first kappa shape index (κ1) is 22.2. The van der Waals surface area contributed by atoms with Gasteiger partial charge >= 0.3 is 5.97 Å². The summed E-state index contributed by atoms with van der Waals surface area (Å²) in [5.41, 5.74) is 0.371. The maximum atomic E-state index is 12.4. The molecule has 0 aliphatic carbocycles. The van der Waals surface area contributed by atoms with E-state index in [0.29, 0.717) is 16.3 Å². The molecule has 29 heavy (non-hydrogen) atoms. The van der Waals surface area contributed by atoms with Crippen molar-refractivity contribution in [2.24, 2.45) is 5.92 Å². The van der Waals surface area contributed by atoms with E-state index in [1.807, 2.05) is 0 Å². The molecule has 1 aromatic carbocycles. The van der Waals surface area contributed by atoms with E-state index >= 15 is 0 Å². The Hall–Kier alpha value is -3.13. The lowest BCUT2D eigenvalue weighted by atomic mass is 10.0. The van der Waals surface area contributed by atoms with Crippen molar-refractivity contribution in [2.75, 3.05) is 19.0 Å². The number of esters is 1. The fourth-order valence-electron chi connectivity index (χ4n) is 2.32. The highest BCUT2D eigenvalue weighted by atomic mass is 35.5. The Balaban J connectivity index is 1.91. The number of halogens is 1. The van der Waals surface area contributed by atoms with E-state index in [2.05, 4.69) is 15.6 Å². The summed E-state index contributed by atoms with van der Waals surface area (Å²) in [4.78, 5) is 40.7. The fraction of sp³-hybridized carbons (Fsp3) is 0.300. The van der Waals surface area contributed by atoms with E-state index in [1.165, 1.54) is 19.4 Å². The number of hydrogen-bond acceptors (Lipinski definition) is 6. The van der Waals surface area contributed by atoms with Crippen molar-refractivity contribution in [3.05, 3.63) is 53.2 Å². The van der Waals surface area contributed by atoms with Gasteiger partial charge in [-0.1, -0.05) is 25.4 Å². The maximum absolute atomic E-state index is 12.4. The zero-order valence-electron chi connectivity index (χ0n) is 16.3. The zero-order chi connectivity index (χ0) is 21.4. The molecule has 1 aromatic heterocycles. The van der Waals surface area contributed by atoms with Crippen LogP contribution in [0, 0.1) is 5.92 Å². The third-order valence-corrected chi connectivity index (χ3v) is 4.12. The summed E-state index contributed by atoms with van der Waals surface area (Å²) in [6.07, 6.45) is 1.38. The van der Waals surface area contributed by atoms with Gasteiger partial charge in [0.25, 0.3) is 11.8 Å². The van der Waals surface area contributed by atoms with E-state index in [1.54, 1.807) is 44.2 Å². The number of rotatable bonds is 8. The number of amides is 2. The zero-order valence-corrected chi connectivity index (χ0v) is 17.0. The molecule has 0 aliphatic rings. The summed E-state index contributed by atoms with van der Waals surface area (Å²) in [5, 5.41) is 5.55. The van der Waals surface area contributed by atoms with Crippen molar-refractivity contribution in [2.45, 2.75) is 19.9 Å². The number of pyridine rings is 1. The molecule has 8 nitrogen and oxygen atoms in total. The molecular weight excluding hydrogens is 398 g/mol. The number of aromatic nitrogens is 1. The fourth-order valence-corrected chi connectivity index (χ4v) is 2.43. The van der Waals surface area contributed by atoms with Gasteiger partial charge in [0.1, 0.15) is 17.6 Å². The summed E-state index contributed by atoms with van der Waals surface area (Å²) in [7, 11) is 1.53. The molecular formula is C20H22ClN3O5. The summed E-state index contributed by atoms with van der Waals surface area (Å²) in [6.45, 7) is 3.01. The highest BCUT2D eigenvalue weighted by molar-refractivity contribution is 6.30. The van der Waals surface area contributed by atoms with Gasteiger partial charge in [-0.25, -0.2) is 9.78 Å². The van der Waals surface area contributed by atoms with Crippen LogP contribution in [0.3, 0.4) is 0 Å². The van der Waals surface area contributed by atoms with E-state index in [9.17, 15) is 14.4 Å². The summed E-state index contributed by atoms with van der Waals surface area (Å²) < 4.78 is 10.1. The first-order valence-corrected chi connectivity index (χ1v) is 9.21. The van der Waals surface area contributed by atoms with Crippen LogP contribution in [0.2, 0.25) is 5.02 Å². The lowest BCUT2D eigenvalue weighted by molar-refractivity contribution is -0.150. The van der Waals surface area contributed by atoms with Crippen molar-refractivity contribution in [3.8, 4) is 5.75 Å². The van der Waals surface area contributed by atoms with E-state index in [0.717, 1.165) is 0 Å². The van der Waals surface area contributed by atoms with Crippen LogP contribution in [0.4, 0.5) is 5.82 Å². The molecule has 0 saturated carbocycles. The number of hydrogen-bond donors (Lipinski definition) is 2. The van der Waals surface area contributed by atoms with Gasteiger partial charge in [-0.15, -0.1) is 0 Å². The van der Waals surface area contributed by atoms with E-state index in [-0.39, 0.29) is 11.7 Å². The molecule has 2 amide bonds. The molecule has 0 aliphatic heterocycles. The first-order chi connectivity index (χ1) is 13.8. The lowest BCUT2D eigenvalue weighted by Crippen LogP contribution is -2.45. The van der Waals surface area contributed by atoms with Crippen LogP contribution in [0.1, 0.15) is 24.2 Å². The molecule has 2 N–H and O–H groups in total. The molecule has 1 heterocycles. The number of ether oxygens (including phenoxy) is 2. The van der Waals surface area contributed by atoms with Crippen LogP contribution in [-0.2, 0) is 14.3 Å². The van der Waals surface area contributed by atoms with Gasteiger partial charge in [0.15, 0.2) is 6.61 Å². The number of carbonyl (C=O) groups is 3. The number of benzene rings is 1. The molecule has 0 fully saturated rings. The van der Waals surface area contributed by atoms with Gasteiger partial charge in [-0.05, 0) is 42.3 Å². The van der Waals surface area contributed by atoms with Gasteiger partial charge in [-0.3, -0.25) is 9.59 Å². The van der Waals surface area contributed by atoms with Crippen LogP contribution >= 0.6 is 11.6 Å². The molecule has 0 unspecified atom stereocenters. The molecule has 0 radical (unpaired) electrons. The Morgan fingerprint density at radius 3 is 2.34 bits per heavy atom. The Morgan fingerprint density at radius 2 is 1.79 bits per heavy atom. The summed E-state index contributed by atoms with van der Waals surface area (Å²) in [5.74, 6) is -1.05. The monoisotopic (exact) mass is 419 g/mol. The van der Waals surface area contributed by atoms with Crippen LogP contribution in [-0.4, -0.2) is 42.5 Å². The minimum Gasteiger partial charge on any atom is -0.497 e. The number of methoxy groups -OCH3 is 1. The van der Waals surface area contributed by atoms with Crippen molar-refractivity contribution in [1.82, 2.24) is 10.3 Å². The number of anilines is 1. The molecule has 9 heteroatoms. The Labute approximate surface area is 173 Å². The second kappa shape index (κ2) is 10.4. The highest BCUT2D eigenvalue weighted by Crippen LogP contribution is 2.13. The standard InChI is InChI=1S/C20H22ClN3O5/c1-12(2)18(24-19(26)13-4-7-15(28-3)8-5-13)20(27)29-11-17(25)23-16-9-6-14(21)10-22-16/h4-10,12,18H,11H2,1-3H3,(H,24,26)(H,22,23,25)/t18-/m0/s1. The number of nitrogens with zero attached hydrogens (tertiary/aromatic N) is 1. The van der Waals surface area contributed by atoms with Crippen molar-refractivity contribution in [3.63, 3.8) is 0 Å². The van der Waals surface area contributed by atoms with Crippen LogP contribution in [0.25, 0.3) is 0 Å². The minimum absolute atomic E-state index is 0.245. The molecule has 0 spiro atoms. The quantitative estimate of drug-likeness (QED) is 0.637. The van der Waals surface area contributed by atoms with Crippen LogP contribution in [0.5, 0.6) is 5.75 Å². The largest absolute Gasteiger partial charge is 0.497 e. The van der Waals surface area contributed by atoms with Crippen LogP contribution in [0.15, 0.2) is 42.6 Å². The van der Waals surface area contributed by atoms with Gasteiger partial charge in [0.2, 0.25) is 0 Å². The van der Waals surface area contributed by atoms with Gasteiger partial charge in [0, 0.05) is 11.8 Å². The number of carbonyl (C=O) groups excluding carboxylic acids is 3. The predicted molar refractivity (Wildman–Crippen MR) is 108 cm³/mol. The second-order valence-electron chi connectivity index (χ2n) is 6.44. The summed E-state index contributed by atoms with van der Waals surface area (Å²) >= 11 is 5.73. The first-order valence-electron chi connectivity index (χ1n) is 8.83. The molecule has 154 valence electrons. The Bertz CT molecular complexity index is 853. The SMILES string of the molecule is COc1ccc(C(=O)N[C@H](C(=O)OCC(=O)Nc2ccc(Cl)cn2)C(C)C)cc1. The maximum Gasteiger partial charge on any atom is 0.329 e. The number of nitrogens with one attached hydrogen (secondary N) is 2. The van der Waals surface area contributed by atoms with E-state index in [4.69, 9.17) is 21.1 Å². The van der Waals surface area contributed by atoms with Gasteiger partial charge in [0.05, 0.1) is 12.1 Å². The molecule has 0 saturated heterocycles. The Morgan fingerprint density at radius 1 is 1.10 bits per heavy atom. The van der Waals surface area contributed by atoms with Gasteiger partial charge < -0.3 is 20.1 Å². The highest BCUT2D eigenvalue weighted by Gasteiger charge is 2.26. The Kier molecular flexibility index (Phi) is 7.97. The van der Waals surface area contributed by atoms with Crippen molar-refractivity contribution in [1.29, 1.82) is 0 Å². The average Bonchev–Trinajstić information content (AvgIpc) is 2.71. The molecule has 0 bridgehead atoms. The van der Waals surface area contributed by atoms with Crippen molar-refractivity contribution < 1.29 is 23.9 Å². The molecule has 2 aromatic rings. The summed E-state index contributed by atoms with van der Waals surface area (Å²) in [6, 6.07) is 8.64. The third-order valence-electron chi connectivity index (χ3n) is 3.90. The third kappa shape index (κ3) is 6.76. The molecule has 1 atom stereocenters. The smallest absolute Gasteiger partial charge is 0.329 e. The van der Waals surface area contributed by atoms with Crippen LogP contribution < -0.4 is 15.4 Å². The minimum atomic E-state index is -0.911. The lowest BCUT2D eigenvalue weighted by Gasteiger charge is -2.20. The molecule has 2 rings (SSSR count).